The molecule has 100 valence electrons. The fraction of sp³-hybridized carbons (Fsp3) is 0.500. The Hall–Kier alpha value is -1.42. The second kappa shape index (κ2) is 7.11. The van der Waals surface area contributed by atoms with Crippen LogP contribution in [-0.2, 0) is 6.42 Å². The van der Waals surface area contributed by atoms with Crippen LogP contribution in [0.2, 0.25) is 0 Å². The van der Waals surface area contributed by atoms with E-state index >= 15 is 0 Å². The Morgan fingerprint density at radius 3 is 2.44 bits per heavy atom. The minimum absolute atomic E-state index is 0.295. The number of carbonyl (C=O) groups is 1. The number of hydrogen-bond acceptors (Lipinski definition) is 2. The maximum absolute atomic E-state index is 12.9. The molecule has 0 bridgehead atoms. The summed E-state index contributed by atoms with van der Waals surface area (Å²) in [5, 5.41) is 8.78. The minimum atomic E-state index is -0.914. The van der Waals surface area contributed by atoms with Crippen LogP contribution >= 0.6 is 0 Å². The average molecular weight is 253 g/mol. The number of hydrogen-bond donors (Lipinski definition) is 1. The summed E-state index contributed by atoms with van der Waals surface area (Å²) < 4.78 is 12.9. The molecule has 0 radical (unpaired) electrons. The molecule has 1 aromatic carbocycles. The van der Waals surface area contributed by atoms with Gasteiger partial charge in [-0.1, -0.05) is 19.1 Å². The van der Waals surface area contributed by atoms with Crippen LogP contribution in [0.25, 0.3) is 0 Å². The Morgan fingerprint density at radius 2 is 2.00 bits per heavy atom. The van der Waals surface area contributed by atoms with E-state index in [2.05, 4.69) is 4.90 Å². The van der Waals surface area contributed by atoms with Crippen LogP contribution in [0.5, 0.6) is 0 Å². The molecule has 3 nitrogen and oxygen atoms in total. The van der Waals surface area contributed by atoms with Crippen molar-refractivity contribution in [3.8, 4) is 0 Å². The smallest absolute Gasteiger partial charge is 0.335 e. The first-order valence-electron chi connectivity index (χ1n) is 6.21. The van der Waals surface area contributed by atoms with Gasteiger partial charge in [0, 0.05) is 13.1 Å². The van der Waals surface area contributed by atoms with Crippen LogP contribution in [0, 0.1) is 0 Å². The van der Waals surface area contributed by atoms with E-state index in [9.17, 15) is 9.18 Å². The normalized spacial score (nSPS) is 12.7. The summed E-state index contributed by atoms with van der Waals surface area (Å²) in [5.74, 6) is -0.914. The molecule has 0 fully saturated rings. The second-order valence-corrected chi connectivity index (χ2v) is 4.43. The van der Waals surface area contributed by atoms with Gasteiger partial charge in [0.2, 0.25) is 0 Å². The molecule has 0 aliphatic rings. The molecule has 0 aliphatic heterocycles. The van der Waals surface area contributed by atoms with Gasteiger partial charge >= 0.3 is 5.97 Å². The third-order valence-corrected chi connectivity index (χ3v) is 2.87. The van der Waals surface area contributed by atoms with E-state index < -0.39 is 12.1 Å². The number of alkyl halides is 1. The highest BCUT2D eigenvalue weighted by Crippen LogP contribution is 2.06. The van der Waals surface area contributed by atoms with Gasteiger partial charge in [-0.05, 0) is 37.6 Å². The number of benzene rings is 1. The monoisotopic (exact) mass is 253 g/mol. The van der Waals surface area contributed by atoms with Gasteiger partial charge in [-0.2, -0.15) is 0 Å². The highest BCUT2D eigenvalue weighted by molar-refractivity contribution is 5.87. The van der Waals surface area contributed by atoms with E-state index in [0.717, 1.165) is 25.1 Å². The molecule has 0 amide bonds. The topological polar surface area (TPSA) is 40.5 Å². The first kappa shape index (κ1) is 14.6. The van der Waals surface area contributed by atoms with Gasteiger partial charge in [0.25, 0.3) is 0 Å². The first-order valence-corrected chi connectivity index (χ1v) is 6.21. The predicted molar refractivity (Wildman–Crippen MR) is 69.8 cm³/mol. The number of carboxylic acids is 1. The number of aromatic carboxylic acids is 1. The molecule has 0 spiro atoms. The lowest BCUT2D eigenvalue weighted by molar-refractivity contribution is 0.0697. The van der Waals surface area contributed by atoms with Crippen LogP contribution in [0.4, 0.5) is 4.39 Å². The van der Waals surface area contributed by atoms with E-state index in [1.54, 1.807) is 19.1 Å². The Kier molecular flexibility index (Phi) is 5.78. The van der Waals surface area contributed by atoms with Gasteiger partial charge in [0.15, 0.2) is 0 Å². The van der Waals surface area contributed by atoms with Gasteiger partial charge in [-0.25, -0.2) is 9.18 Å². The standard InChI is InChI=1S/C14H20FNO2/c1-3-16(10-11(2)15)9-8-12-4-6-13(7-5-12)14(17)18/h4-7,11H,3,8-10H2,1-2H3,(H,17,18). The lowest BCUT2D eigenvalue weighted by Crippen LogP contribution is -2.31. The molecule has 4 heteroatoms. The second-order valence-electron chi connectivity index (χ2n) is 4.43. The largest absolute Gasteiger partial charge is 0.478 e. The summed E-state index contributed by atoms with van der Waals surface area (Å²) in [6.45, 7) is 5.63. The van der Waals surface area contributed by atoms with E-state index in [1.807, 2.05) is 19.1 Å². The molecule has 1 atom stereocenters. The zero-order valence-electron chi connectivity index (χ0n) is 10.9. The SMILES string of the molecule is CCN(CCc1ccc(C(=O)O)cc1)CC(C)F. The predicted octanol–water partition coefficient (Wildman–Crippen LogP) is 2.61. The molecule has 0 saturated heterocycles. The maximum Gasteiger partial charge on any atom is 0.335 e. The van der Waals surface area contributed by atoms with Gasteiger partial charge < -0.3 is 10.0 Å². The molecule has 0 aromatic heterocycles. The van der Waals surface area contributed by atoms with Crippen LogP contribution in [0.15, 0.2) is 24.3 Å². The summed E-state index contributed by atoms with van der Waals surface area (Å²) in [6, 6.07) is 6.84. The Labute approximate surface area is 107 Å². The number of rotatable bonds is 7. The Balaban J connectivity index is 2.49. The fourth-order valence-electron chi connectivity index (χ4n) is 1.84. The Morgan fingerprint density at radius 1 is 1.39 bits per heavy atom. The van der Waals surface area contributed by atoms with Gasteiger partial charge in [0.05, 0.1) is 5.56 Å². The third kappa shape index (κ3) is 4.84. The summed E-state index contributed by atoms with van der Waals surface area (Å²) in [4.78, 5) is 12.7. The number of nitrogens with zero attached hydrogens (tertiary/aromatic N) is 1. The minimum Gasteiger partial charge on any atom is -0.478 e. The van der Waals surface area contributed by atoms with Crippen molar-refractivity contribution in [3.05, 3.63) is 35.4 Å². The summed E-state index contributed by atoms with van der Waals surface area (Å²) >= 11 is 0. The van der Waals surface area contributed by atoms with Gasteiger partial charge in [-0.3, -0.25) is 0 Å². The molecule has 0 saturated carbocycles. The van der Waals surface area contributed by atoms with Crippen molar-refractivity contribution >= 4 is 5.97 Å². The van der Waals surface area contributed by atoms with Crippen molar-refractivity contribution in [2.45, 2.75) is 26.4 Å². The van der Waals surface area contributed by atoms with E-state index in [4.69, 9.17) is 5.11 Å². The highest BCUT2D eigenvalue weighted by atomic mass is 19.1. The van der Waals surface area contributed by atoms with Crippen molar-refractivity contribution < 1.29 is 14.3 Å². The van der Waals surface area contributed by atoms with Crippen LogP contribution in [-0.4, -0.2) is 41.8 Å². The fourth-order valence-corrected chi connectivity index (χ4v) is 1.84. The third-order valence-electron chi connectivity index (χ3n) is 2.87. The summed E-state index contributed by atoms with van der Waals surface area (Å²) in [7, 11) is 0. The molecular formula is C14H20FNO2. The van der Waals surface area contributed by atoms with Crippen molar-refractivity contribution in [3.63, 3.8) is 0 Å². The quantitative estimate of drug-likeness (QED) is 0.812. The zero-order valence-corrected chi connectivity index (χ0v) is 10.9. The first-order chi connectivity index (χ1) is 8.52. The van der Waals surface area contributed by atoms with Gasteiger partial charge in [-0.15, -0.1) is 0 Å². The average Bonchev–Trinajstić information content (AvgIpc) is 2.34. The lowest BCUT2D eigenvalue weighted by atomic mass is 10.1. The molecule has 0 aliphatic carbocycles. The highest BCUT2D eigenvalue weighted by Gasteiger charge is 2.08. The molecule has 0 heterocycles. The van der Waals surface area contributed by atoms with E-state index in [0.29, 0.717) is 12.1 Å². The number of likely N-dealkylation sites (N-methyl/N-ethyl adjacent to an activating group) is 1. The van der Waals surface area contributed by atoms with Crippen molar-refractivity contribution in [1.29, 1.82) is 0 Å². The van der Waals surface area contributed by atoms with E-state index in [1.165, 1.54) is 0 Å². The number of halogens is 1. The molecular weight excluding hydrogens is 233 g/mol. The summed E-state index contributed by atoms with van der Waals surface area (Å²) in [6.07, 6.45) is -0.0140. The van der Waals surface area contributed by atoms with Gasteiger partial charge in [0.1, 0.15) is 6.17 Å². The molecule has 1 aromatic rings. The number of carboxylic acid groups (broad SMARTS) is 1. The summed E-state index contributed by atoms with van der Waals surface area (Å²) in [5.41, 5.74) is 1.37. The van der Waals surface area contributed by atoms with Crippen LogP contribution < -0.4 is 0 Å². The van der Waals surface area contributed by atoms with Crippen molar-refractivity contribution in [2.24, 2.45) is 0 Å². The molecule has 18 heavy (non-hydrogen) atoms. The van der Waals surface area contributed by atoms with Crippen LogP contribution in [0.3, 0.4) is 0 Å². The lowest BCUT2D eigenvalue weighted by Gasteiger charge is -2.20. The van der Waals surface area contributed by atoms with E-state index in [-0.39, 0.29) is 0 Å². The maximum atomic E-state index is 12.9. The van der Waals surface area contributed by atoms with Crippen molar-refractivity contribution in [1.82, 2.24) is 4.90 Å². The molecule has 1 rings (SSSR count). The Bertz CT molecular complexity index is 376. The zero-order chi connectivity index (χ0) is 13.5. The van der Waals surface area contributed by atoms with Crippen molar-refractivity contribution in [2.75, 3.05) is 19.6 Å². The van der Waals surface area contributed by atoms with Crippen LogP contribution in [0.1, 0.15) is 29.8 Å². The molecule has 1 N–H and O–H groups in total. The molecule has 1 unspecified atom stereocenters.